The number of halogens is 1. The standard InChI is InChI=1S/C9H7FOS2/c1-12-5-2-7(10)6-4-9(11)13-8(6)3-5/h2-4,11H,1H3. The molecule has 0 saturated heterocycles. The van der Waals surface area contributed by atoms with Crippen molar-refractivity contribution in [2.75, 3.05) is 6.26 Å². The van der Waals surface area contributed by atoms with E-state index in [4.69, 9.17) is 0 Å². The molecule has 13 heavy (non-hydrogen) atoms. The van der Waals surface area contributed by atoms with Crippen molar-refractivity contribution in [2.24, 2.45) is 0 Å². The fourth-order valence-electron chi connectivity index (χ4n) is 1.18. The number of thiophene rings is 1. The second-order valence-corrected chi connectivity index (χ2v) is 4.55. The van der Waals surface area contributed by atoms with Crippen LogP contribution in [0.3, 0.4) is 0 Å². The molecule has 1 N–H and O–H groups in total. The van der Waals surface area contributed by atoms with Gasteiger partial charge in [0.2, 0.25) is 0 Å². The summed E-state index contributed by atoms with van der Waals surface area (Å²) in [7, 11) is 0. The van der Waals surface area contributed by atoms with Crippen LogP contribution in [0.4, 0.5) is 4.39 Å². The highest BCUT2D eigenvalue weighted by Gasteiger charge is 2.07. The van der Waals surface area contributed by atoms with Gasteiger partial charge in [-0.1, -0.05) is 11.3 Å². The molecule has 1 aromatic heterocycles. The van der Waals surface area contributed by atoms with Gasteiger partial charge in [-0.05, 0) is 18.4 Å². The van der Waals surface area contributed by atoms with Gasteiger partial charge in [0.1, 0.15) is 5.82 Å². The number of thioether (sulfide) groups is 1. The highest BCUT2D eigenvalue weighted by molar-refractivity contribution is 7.98. The lowest BCUT2D eigenvalue weighted by atomic mass is 10.2. The van der Waals surface area contributed by atoms with Crippen molar-refractivity contribution in [1.82, 2.24) is 0 Å². The molecule has 0 fully saturated rings. The van der Waals surface area contributed by atoms with Crippen LogP contribution in [-0.2, 0) is 0 Å². The van der Waals surface area contributed by atoms with E-state index in [1.807, 2.05) is 12.3 Å². The van der Waals surface area contributed by atoms with E-state index in [-0.39, 0.29) is 10.9 Å². The van der Waals surface area contributed by atoms with E-state index < -0.39 is 0 Å². The van der Waals surface area contributed by atoms with Crippen molar-refractivity contribution in [3.05, 3.63) is 24.0 Å². The molecule has 1 heterocycles. The van der Waals surface area contributed by atoms with Crippen molar-refractivity contribution >= 4 is 33.2 Å². The highest BCUT2D eigenvalue weighted by atomic mass is 32.2. The summed E-state index contributed by atoms with van der Waals surface area (Å²) in [5, 5.41) is 9.85. The van der Waals surface area contributed by atoms with E-state index in [0.29, 0.717) is 5.39 Å². The molecule has 68 valence electrons. The minimum absolute atomic E-state index is 0.159. The quantitative estimate of drug-likeness (QED) is 0.733. The predicted octanol–water partition coefficient (Wildman–Crippen LogP) is 3.47. The SMILES string of the molecule is CSc1cc(F)c2cc(O)sc2c1. The Bertz CT molecular complexity index is 450. The maximum Gasteiger partial charge on any atom is 0.172 e. The summed E-state index contributed by atoms with van der Waals surface area (Å²) < 4.78 is 14.1. The minimum atomic E-state index is -0.265. The van der Waals surface area contributed by atoms with Gasteiger partial charge in [-0.25, -0.2) is 4.39 Å². The van der Waals surface area contributed by atoms with Gasteiger partial charge in [-0.15, -0.1) is 11.8 Å². The van der Waals surface area contributed by atoms with E-state index in [1.54, 1.807) is 0 Å². The van der Waals surface area contributed by atoms with Crippen LogP contribution in [0.2, 0.25) is 0 Å². The Morgan fingerprint density at radius 3 is 2.85 bits per heavy atom. The smallest absolute Gasteiger partial charge is 0.172 e. The lowest BCUT2D eigenvalue weighted by Crippen LogP contribution is -1.76. The van der Waals surface area contributed by atoms with Crippen molar-refractivity contribution in [3.8, 4) is 5.06 Å². The Hall–Kier alpha value is -0.740. The molecule has 0 unspecified atom stereocenters. The maximum atomic E-state index is 13.3. The molecule has 0 bridgehead atoms. The van der Waals surface area contributed by atoms with Crippen LogP contribution >= 0.6 is 23.1 Å². The summed E-state index contributed by atoms with van der Waals surface area (Å²) in [6, 6.07) is 4.83. The molecule has 0 atom stereocenters. The molecular weight excluding hydrogens is 207 g/mol. The van der Waals surface area contributed by atoms with E-state index in [0.717, 1.165) is 9.60 Å². The summed E-state index contributed by atoms with van der Waals surface area (Å²) in [6.07, 6.45) is 1.90. The summed E-state index contributed by atoms with van der Waals surface area (Å²) in [5.74, 6) is -0.265. The molecular formula is C9H7FOS2. The molecule has 0 amide bonds. The molecule has 1 aromatic carbocycles. The first kappa shape index (κ1) is 8.84. The third kappa shape index (κ3) is 1.51. The van der Waals surface area contributed by atoms with Crippen molar-refractivity contribution in [1.29, 1.82) is 0 Å². The Morgan fingerprint density at radius 2 is 2.15 bits per heavy atom. The lowest BCUT2D eigenvalue weighted by Gasteiger charge is -1.96. The summed E-state index contributed by atoms with van der Waals surface area (Å²) in [4.78, 5) is 0.881. The summed E-state index contributed by atoms with van der Waals surface area (Å²) >= 11 is 2.69. The van der Waals surface area contributed by atoms with E-state index in [9.17, 15) is 9.50 Å². The third-order valence-corrected chi connectivity index (χ3v) is 3.37. The minimum Gasteiger partial charge on any atom is -0.499 e. The van der Waals surface area contributed by atoms with Crippen LogP contribution in [0, 0.1) is 5.82 Å². The second-order valence-electron chi connectivity index (χ2n) is 2.61. The Kier molecular flexibility index (Phi) is 2.17. The maximum absolute atomic E-state index is 13.3. The fourth-order valence-corrected chi connectivity index (χ4v) is 2.56. The van der Waals surface area contributed by atoms with E-state index in [1.165, 1.54) is 35.2 Å². The Morgan fingerprint density at radius 1 is 1.38 bits per heavy atom. The molecule has 1 nitrogen and oxygen atoms in total. The number of aromatic hydroxyl groups is 1. The van der Waals surface area contributed by atoms with Crippen LogP contribution in [0.1, 0.15) is 0 Å². The molecule has 0 radical (unpaired) electrons. The number of fused-ring (bicyclic) bond motifs is 1. The van der Waals surface area contributed by atoms with Crippen LogP contribution in [0.5, 0.6) is 5.06 Å². The first-order valence-electron chi connectivity index (χ1n) is 3.67. The molecule has 0 spiro atoms. The number of hydrogen-bond acceptors (Lipinski definition) is 3. The monoisotopic (exact) mass is 214 g/mol. The summed E-state index contributed by atoms with van der Waals surface area (Å²) in [5.41, 5.74) is 0. The first-order chi connectivity index (χ1) is 6.20. The highest BCUT2D eigenvalue weighted by Crippen LogP contribution is 2.34. The number of benzene rings is 1. The second kappa shape index (κ2) is 3.20. The van der Waals surface area contributed by atoms with Gasteiger partial charge in [0, 0.05) is 21.0 Å². The van der Waals surface area contributed by atoms with Crippen LogP contribution in [-0.4, -0.2) is 11.4 Å². The normalized spacial score (nSPS) is 10.9. The van der Waals surface area contributed by atoms with Gasteiger partial charge in [-0.2, -0.15) is 0 Å². The van der Waals surface area contributed by atoms with Crippen molar-refractivity contribution in [3.63, 3.8) is 0 Å². The molecule has 0 aliphatic carbocycles. The molecule has 0 aliphatic heterocycles. The lowest BCUT2D eigenvalue weighted by molar-refractivity contribution is 0.491. The Labute approximate surface area is 83.2 Å². The average Bonchev–Trinajstić information content (AvgIpc) is 2.46. The van der Waals surface area contributed by atoms with Gasteiger partial charge in [0.15, 0.2) is 5.06 Å². The van der Waals surface area contributed by atoms with Gasteiger partial charge in [0.25, 0.3) is 0 Å². The van der Waals surface area contributed by atoms with Gasteiger partial charge >= 0.3 is 0 Å². The zero-order valence-corrected chi connectivity index (χ0v) is 8.51. The first-order valence-corrected chi connectivity index (χ1v) is 5.71. The van der Waals surface area contributed by atoms with Crippen LogP contribution in [0.15, 0.2) is 23.1 Å². The molecule has 0 aliphatic rings. The number of hydrogen-bond donors (Lipinski definition) is 1. The fraction of sp³-hybridized carbons (Fsp3) is 0.111. The van der Waals surface area contributed by atoms with E-state index >= 15 is 0 Å². The van der Waals surface area contributed by atoms with Crippen molar-refractivity contribution in [2.45, 2.75) is 4.90 Å². The van der Waals surface area contributed by atoms with Gasteiger partial charge in [-0.3, -0.25) is 0 Å². The molecule has 4 heteroatoms. The number of rotatable bonds is 1. The topological polar surface area (TPSA) is 20.2 Å². The zero-order chi connectivity index (χ0) is 9.42. The Balaban J connectivity index is 2.75. The van der Waals surface area contributed by atoms with Gasteiger partial charge < -0.3 is 5.11 Å². The molecule has 0 saturated carbocycles. The third-order valence-electron chi connectivity index (χ3n) is 1.78. The molecule has 2 rings (SSSR count). The van der Waals surface area contributed by atoms with Gasteiger partial charge in [0.05, 0.1) is 0 Å². The van der Waals surface area contributed by atoms with Crippen LogP contribution < -0.4 is 0 Å². The van der Waals surface area contributed by atoms with Crippen LogP contribution in [0.25, 0.3) is 10.1 Å². The average molecular weight is 214 g/mol. The molecule has 2 aromatic rings. The summed E-state index contributed by atoms with van der Waals surface area (Å²) in [6.45, 7) is 0. The largest absolute Gasteiger partial charge is 0.499 e. The predicted molar refractivity (Wildman–Crippen MR) is 55.2 cm³/mol. The van der Waals surface area contributed by atoms with Crippen molar-refractivity contribution < 1.29 is 9.50 Å². The zero-order valence-electron chi connectivity index (χ0n) is 6.87. The van der Waals surface area contributed by atoms with E-state index in [2.05, 4.69) is 0 Å².